The topological polar surface area (TPSA) is 51.6 Å². The maximum Gasteiger partial charge on any atom is 0.142 e. The van der Waals surface area contributed by atoms with Crippen LogP contribution in [0.25, 0.3) is 0 Å². The third-order valence-electron chi connectivity index (χ3n) is 2.38. The third kappa shape index (κ3) is 7.72. The molecule has 0 radical (unpaired) electrons. The molecule has 0 spiro atoms. The molecule has 0 unspecified atom stereocenters. The highest BCUT2D eigenvalue weighted by atomic mass is 32.1. The van der Waals surface area contributed by atoms with Gasteiger partial charge in [0.1, 0.15) is 21.7 Å². The highest BCUT2D eigenvalue weighted by molar-refractivity contribution is 7.10. The van der Waals surface area contributed by atoms with Crippen molar-refractivity contribution in [2.45, 2.75) is 48.0 Å². The van der Waals surface area contributed by atoms with Crippen LogP contribution in [0.2, 0.25) is 0 Å². The standard InChI is InChI=1S/C6H8S.C5H8N2S.C4H6N2S/c1-5-3-6(2)7-4-5;1-3-5-6-4(2)8-7-5;1-3-5-4(2)7-6-3/h3-4H,1-2H3;3H2,1-2H3;1-2H3. The van der Waals surface area contributed by atoms with Gasteiger partial charge in [-0.2, -0.15) is 8.75 Å². The Morgan fingerprint density at radius 2 is 1.55 bits per heavy atom. The van der Waals surface area contributed by atoms with Crippen LogP contribution in [0.4, 0.5) is 0 Å². The van der Waals surface area contributed by atoms with E-state index in [4.69, 9.17) is 0 Å². The Balaban J connectivity index is 0.000000166. The fourth-order valence-electron chi connectivity index (χ4n) is 1.46. The zero-order chi connectivity index (χ0) is 16.5. The number of nitrogens with zero attached hydrogens (tertiary/aromatic N) is 4. The molecule has 7 heteroatoms. The summed E-state index contributed by atoms with van der Waals surface area (Å²) in [5.74, 6) is 1.84. The minimum atomic E-state index is 0.877. The Morgan fingerprint density at radius 3 is 1.73 bits per heavy atom. The van der Waals surface area contributed by atoms with Crippen LogP contribution >= 0.6 is 34.4 Å². The van der Waals surface area contributed by atoms with E-state index in [9.17, 15) is 0 Å². The van der Waals surface area contributed by atoms with Gasteiger partial charge in [0, 0.05) is 11.3 Å². The Kier molecular flexibility index (Phi) is 8.37. The second-order valence-electron chi connectivity index (χ2n) is 4.68. The molecule has 3 aromatic heterocycles. The highest BCUT2D eigenvalue weighted by Crippen LogP contribution is 2.10. The fourth-order valence-corrected chi connectivity index (χ4v) is 3.19. The van der Waals surface area contributed by atoms with E-state index in [1.165, 1.54) is 33.5 Å². The predicted octanol–water partition coefficient (Wildman–Crippen LogP) is 4.93. The van der Waals surface area contributed by atoms with Crippen LogP contribution in [0.15, 0.2) is 11.4 Å². The zero-order valence-electron chi connectivity index (χ0n) is 13.9. The molecule has 0 amide bonds. The third-order valence-corrected chi connectivity index (χ3v) is 4.72. The lowest BCUT2D eigenvalue weighted by atomic mass is 10.4. The van der Waals surface area contributed by atoms with Crippen molar-refractivity contribution in [3.63, 3.8) is 0 Å². The molecule has 0 saturated heterocycles. The molecule has 22 heavy (non-hydrogen) atoms. The van der Waals surface area contributed by atoms with E-state index in [2.05, 4.69) is 50.9 Å². The Bertz CT molecular complexity index is 598. The van der Waals surface area contributed by atoms with E-state index >= 15 is 0 Å². The van der Waals surface area contributed by atoms with Gasteiger partial charge in [0.15, 0.2) is 0 Å². The first-order valence-corrected chi connectivity index (χ1v) is 9.41. The van der Waals surface area contributed by atoms with Crippen molar-refractivity contribution in [3.05, 3.63) is 43.6 Å². The van der Waals surface area contributed by atoms with Gasteiger partial charge in [-0.15, -0.1) is 11.3 Å². The van der Waals surface area contributed by atoms with Crippen molar-refractivity contribution in [3.8, 4) is 0 Å². The van der Waals surface area contributed by atoms with Gasteiger partial charge in [-0.3, -0.25) is 0 Å². The number of thiophene rings is 1. The van der Waals surface area contributed by atoms with Crippen molar-refractivity contribution in [1.82, 2.24) is 18.7 Å². The average Bonchev–Trinajstić information content (AvgIpc) is 3.15. The molecule has 3 rings (SSSR count). The van der Waals surface area contributed by atoms with Crippen LogP contribution in [0.5, 0.6) is 0 Å². The molecule has 0 bridgehead atoms. The summed E-state index contributed by atoms with van der Waals surface area (Å²) in [6, 6.07) is 2.19. The minimum absolute atomic E-state index is 0.877. The van der Waals surface area contributed by atoms with Gasteiger partial charge < -0.3 is 0 Å². The van der Waals surface area contributed by atoms with Crippen LogP contribution in [0.1, 0.15) is 39.0 Å². The SMILES string of the molecule is CCc1nsc(C)n1.Cc1csc(C)c1.Cc1nsc(C)n1. The van der Waals surface area contributed by atoms with Gasteiger partial charge >= 0.3 is 0 Å². The van der Waals surface area contributed by atoms with Gasteiger partial charge in [-0.25, -0.2) is 9.97 Å². The van der Waals surface area contributed by atoms with Gasteiger partial charge in [0.2, 0.25) is 0 Å². The second-order valence-corrected chi connectivity index (χ2v) is 7.71. The first-order valence-electron chi connectivity index (χ1n) is 6.98. The number of aryl methyl sites for hydroxylation is 6. The molecule has 0 aliphatic heterocycles. The molecule has 4 nitrogen and oxygen atoms in total. The molecule has 3 aromatic rings. The predicted molar refractivity (Wildman–Crippen MR) is 97.2 cm³/mol. The Morgan fingerprint density at radius 1 is 0.909 bits per heavy atom. The summed E-state index contributed by atoms with van der Waals surface area (Å²) in [6.45, 7) is 12.1. The van der Waals surface area contributed by atoms with Crippen LogP contribution in [0.3, 0.4) is 0 Å². The van der Waals surface area contributed by atoms with E-state index in [1.807, 2.05) is 20.8 Å². The molecule has 0 aliphatic rings. The largest absolute Gasteiger partial charge is 0.225 e. The molecule has 0 saturated carbocycles. The van der Waals surface area contributed by atoms with Gasteiger partial charge in [0.25, 0.3) is 0 Å². The fraction of sp³-hybridized carbons (Fsp3) is 0.467. The molecule has 120 valence electrons. The Labute approximate surface area is 144 Å². The van der Waals surface area contributed by atoms with Crippen LogP contribution < -0.4 is 0 Å². The number of aromatic nitrogens is 4. The van der Waals surface area contributed by atoms with Gasteiger partial charge in [-0.05, 0) is 74.7 Å². The van der Waals surface area contributed by atoms with Crippen molar-refractivity contribution in [2.24, 2.45) is 0 Å². The molecule has 0 atom stereocenters. The van der Waals surface area contributed by atoms with Crippen LogP contribution in [0, 0.1) is 34.6 Å². The summed E-state index contributed by atoms with van der Waals surface area (Å²) < 4.78 is 8.01. The maximum absolute atomic E-state index is 4.14. The van der Waals surface area contributed by atoms with E-state index in [0.29, 0.717) is 0 Å². The Hall–Kier alpha value is -1.18. The molecular weight excluding hydrogens is 332 g/mol. The molecule has 0 aliphatic carbocycles. The van der Waals surface area contributed by atoms with Gasteiger partial charge in [-0.1, -0.05) is 6.92 Å². The van der Waals surface area contributed by atoms with E-state index in [0.717, 1.165) is 28.1 Å². The first kappa shape index (κ1) is 18.9. The summed E-state index contributed by atoms with van der Waals surface area (Å²) in [6.07, 6.45) is 0.949. The lowest BCUT2D eigenvalue weighted by Gasteiger charge is -1.77. The van der Waals surface area contributed by atoms with E-state index < -0.39 is 0 Å². The van der Waals surface area contributed by atoms with Crippen molar-refractivity contribution in [2.75, 3.05) is 0 Å². The second kappa shape index (κ2) is 9.76. The summed E-state index contributed by atoms with van der Waals surface area (Å²) in [7, 11) is 0. The monoisotopic (exact) mass is 354 g/mol. The maximum atomic E-state index is 4.14. The van der Waals surface area contributed by atoms with E-state index in [-0.39, 0.29) is 0 Å². The highest BCUT2D eigenvalue weighted by Gasteiger charge is 1.93. The van der Waals surface area contributed by atoms with Crippen LogP contribution in [-0.4, -0.2) is 18.7 Å². The number of hydrogen-bond acceptors (Lipinski definition) is 7. The summed E-state index contributed by atoms with van der Waals surface area (Å²) in [5.41, 5.74) is 1.38. The summed E-state index contributed by atoms with van der Waals surface area (Å²) in [4.78, 5) is 9.56. The van der Waals surface area contributed by atoms with Crippen molar-refractivity contribution < 1.29 is 0 Å². The summed E-state index contributed by atoms with van der Waals surface area (Å²) >= 11 is 4.72. The van der Waals surface area contributed by atoms with Crippen molar-refractivity contribution >= 4 is 34.4 Å². The first-order chi connectivity index (χ1) is 10.4. The molecule has 3 heterocycles. The molecule has 0 aromatic carbocycles. The molecule has 0 N–H and O–H groups in total. The average molecular weight is 355 g/mol. The van der Waals surface area contributed by atoms with Crippen molar-refractivity contribution in [1.29, 1.82) is 0 Å². The minimum Gasteiger partial charge on any atom is -0.225 e. The lowest BCUT2D eigenvalue weighted by Crippen LogP contribution is -1.80. The quantitative estimate of drug-likeness (QED) is 0.622. The normalized spacial score (nSPS) is 9.55. The number of rotatable bonds is 1. The molecular formula is C15H22N4S3. The van der Waals surface area contributed by atoms with E-state index in [1.54, 1.807) is 11.3 Å². The lowest BCUT2D eigenvalue weighted by molar-refractivity contribution is 0.987. The van der Waals surface area contributed by atoms with Crippen LogP contribution in [-0.2, 0) is 6.42 Å². The zero-order valence-corrected chi connectivity index (χ0v) is 16.3. The smallest absolute Gasteiger partial charge is 0.142 e. The van der Waals surface area contributed by atoms with Gasteiger partial charge in [0.05, 0.1) is 0 Å². The molecule has 0 fully saturated rings. The number of hydrogen-bond donors (Lipinski definition) is 0. The summed E-state index contributed by atoms with van der Waals surface area (Å²) in [5, 5.41) is 4.26.